The number of aromatic amines is 1. The molecule has 11 atom stereocenters. The van der Waals surface area contributed by atoms with Crippen molar-refractivity contribution in [2.75, 3.05) is 19.8 Å². The van der Waals surface area contributed by atoms with Gasteiger partial charge in [-0.25, -0.2) is 13.9 Å². The van der Waals surface area contributed by atoms with Gasteiger partial charge in [0.15, 0.2) is 12.5 Å². The molecule has 2 aliphatic heterocycles. The quantitative estimate of drug-likeness (QED) is 0.0592. The number of hydrogen-bond acceptors (Lipinski definition) is 16. The molecule has 22 heteroatoms. The van der Waals surface area contributed by atoms with Gasteiger partial charge in [0.1, 0.15) is 36.6 Å². The molecule has 2 aliphatic rings. The minimum Gasteiger partial charge on any atom is -0.394 e. The third-order valence-electron chi connectivity index (χ3n) is 5.85. The van der Waals surface area contributed by atoms with Crippen molar-refractivity contribution >= 4 is 21.4 Å². The summed E-state index contributed by atoms with van der Waals surface area (Å²) in [6, 6.07) is -0.724. The van der Waals surface area contributed by atoms with Crippen LogP contribution in [0.25, 0.3) is 0 Å². The van der Waals surface area contributed by atoms with Crippen LogP contribution in [0, 0.1) is 12.3 Å². The van der Waals surface area contributed by atoms with Crippen LogP contribution >= 0.6 is 15.6 Å². The molecule has 0 amide bonds. The van der Waals surface area contributed by atoms with Gasteiger partial charge in [-0.05, 0) is 5.92 Å². The number of terminal acetylenes is 1. The normalized spacial score (nSPS) is 34.8. The average Bonchev–Trinajstić information content (AvgIpc) is 3.16. The van der Waals surface area contributed by atoms with Crippen molar-refractivity contribution in [3.8, 4) is 12.3 Å². The smallest absolute Gasteiger partial charge is 0.394 e. The van der Waals surface area contributed by atoms with Gasteiger partial charge in [-0.15, -0.1) is 6.42 Å². The number of ether oxygens (including phenoxy) is 2. The number of rotatable bonds is 12. The van der Waals surface area contributed by atoms with E-state index >= 15 is 0 Å². The maximum atomic E-state index is 12.5. The Bertz CT molecular complexity index is 1340. The molecule has 0 radical (unpaired) electrons. The Morgan fingerprint density at radius 1 is 1.07 bits per heavy atom. The minimum absolute atomic E-state index is 0.627. The summed E-state index contributed by atoms with van der Waals surface area (Å²) in [7, 11) is -11.2. The monoisotopic (exact) mass is 631 g/mol. The highest BCUT2D eigenvalue weighted by atomic mass is 31.3. The van der Waals surface area contributed by atoms with Crippen LogP contribution < -0.4 is 16.6 Å². The molecule has 41 heavy (non-hydrogen) atoms. The van der Waals surface area contributed by atoms with Gasteiger partial charge in [-0.3, -0.25) is 33.5 Å². The second kappa shape index (κ2) is 13.4. The van der Waals surface area contributed by atoms with Crippen molar-refractivity contribution in [1.29, 1.82) is 0 Å². The number of Topliss-reactive ketones (excluding diaryl/α,β-unsaturated/α-hetero) is 1. The number of aromatic nitrogens is 2. The molecule has 3 rings (SSSR count). The summed E-state index contributed by atoms with van der Waals surface area (Å²) in [5.74, 6) is 0.915. The first-order valence-corrected chi connectivity index (χ1v) is 14.5. The first-order valence-electron chi connectivity index (χ1n) is 11.5. The van der Waals surface area contributed by atoms with Crippen molar-refractivity contribution in [2.45, 2.75) is 55.2 Å². The number of carbonyl (C=O) groups excluding carboxylic acids is 1. The molecule has 0 aromatic carbocycles. The van der Waals surface area contributed by atoms with E-state index in [-0.39, 0.29) is 0 Å². The number of carbonyl (C=O) groups is 1. The predicted molar refractivity (Wildman–Crippen MR) is 128 cm³/mol. The molecule has 1 aromatic heterocycles. The highest BCUT2D eigenvalue weighted by Gasteiger charge is 2.50. The Morgan fingerprint density at radius 3 is 2.34 bits per heavy atom. The first kappa shape index (κ1) is 33.4. The van der Waals surface area contributed by atoms with E-state index < -0.39 is 108 Å². The Labute approximate surface area is 229 Å². The van der Waals surface area contributed by atoms with Crippen LogP contribution in [0.15, 0.2) is 21.9 Å². The molecule has 0 aliphatic carbocycles. The van der Waals surface area contributed by atoms with Gasteiger partial charge in [0.25, 0.3) is 5.56 Å². The largest absolute Gasteiger partial charge is 0.483 e. The van der Waals surface area contributed by atoms with Gasteiger partial charge in [0.2, 0.25) is 5.78 Å². The van der Waals surface area contributed by atoms with Gasteiger partial charge < -0.3 is 44.8 Å². The standard InChI is InChI=1S/C19H27N3O17P2/c1-2-8(24)5-20-12-15(28)13(26)9(6-23)37-18(12)38-41(33,34)39-40(31,32)35-7-10-14(27)16(29)17(36-10)22-4-3-11(25)21-19(22)30/h1,3-4,9-10,12-18,20,23,26-29H,5-7H2,(H,31,32)(H,33,34)(H,21,25,30)/t9?,10-,12?,13+,14?,15?,16?,17-,18-/m1/s1. The van der Waals surface area contributed by atoms with Crippen LogP contribution in [0.5, 0.6) is 0 Å². The number of nitrogens with one attached hydrogen (secondary N) is 2. The highest BCUT2D eigenvalue weighted by molar-refractivity contribution is 7.61. The van der Waals surface area contributed by atoms with Crippen LogP contribution in [-0.4, -0.2) is 119 Å². The maximum absolute atomic E-state index is 12.5. The number of phosphoric acid groups is 2. The lowest BCUT2D eigenvalue weighted by molar-refractivity contribution is -0.248. The van der Waals surface area contributed by atoms with Crippen LogP contribution in [0.4, 0.5) is 0 Å². The number of H-pyrrole nitrogens is 1. The number of aliphatic hydroxyl groups is 5. The third-order valence-corrected chi connectivity index (χ3v) is 8.45. The number of phosphoric ester groups is 2. The molecule has 0 spiro atoms. The van der Waals surface area contributed by atoms with Crippen LogP contribution in [0.1, 0.15) is 6.23 Å². The van der Waals surface area contributed by atoms with E-state index in [1.807, 2.05) is 4.98 Å². The molecule has 7 unspecified atom stereocenters. The van der Waals surface area contributed by atoms with Crippen molar-refractivity contribution in [3.63, 3.8) is 0 Å². The summed E-state index contributed by atoms with van der Waals surface area (Å²) in [4.78, 5) is 56.6. The van der Waals surface area contributed by atoms with Crippen LogP contribution in [0.2, 0.25) is 0 Å². The number of aliphatic hydroxyl groups excluding tert-OH is 5. The Hall–Kier alpha value is -2.15. The topological polar surface area (TPSA) is 306 Å². The third kappa shape index (κ3) is 8.24. The second-order valence-corrected chi connectivity index (χ2v) is 11.7. The highest BCUT2D eigenvalue weighted by Crippen LogP contribution is 2.61. The van der Waals surface area contributed by atoms with E-state index in [1.165, 1.54) is 0 Å². The molecule has 230 valence electrons. The Morgan fingerprint density at radius 2 is 1.73 bits per heavy atom. The molecule has 9 N–H and O–H groups in total. The number of ketones is 1. The molecular formula is C19H27N3O17P2. The second-order valence-electron chi connectivity index (χ2n) is 8.66. The zero-order chi connectivity index (χ0) is 30.7. The molecule has 2 fully saturated rings. The molecule has 3 heterocycles. The fourth-order valence-electron chi connectivity index (χ4n) is 3.85. The van der Waals surface area contributed by atoms with E-state index in [2.05, 4.69) is 14.2 Å². The Balaban J connectivity index is 1.66. The molecule has 0 saturated carbocycles. The van der Waals surface area contributed by atoms with E-state index in [0.29, 0.717) is 0 Å². The molecular weight excluding hydrogens is 604 g/mol. The molecule has 0 bridgehead atoms. The van der Waals surface area contributed by atoms with Gasteiger partial charge in [0, 0.05) is 12.3 Å². The number of hydrogen-bond donors (Lipinski definition) is 9. The van der Waals surface area contributed by atoms with Gasteiger partial charge in [-0.2, -0.15) is 4.31 Å². The SMILES string of the molecule is C#CC(=O)CNC1C(O)[C@@H](O)C(CO)O[C@@H]1OP(=O)(O)OP(=O)(O)OC[C@H]1O[C@@H](n2ccc(=O)[nH]c2=O)C(O)C1O. The minimum atomic E-state index is -5.65. The zero-order valence-corrected chi connectivity index (χ0v) is 22.4. The van der Waals surface area contributed by atoms with E-state index in [0.717, 1.165) is 16.8 Å². The number of nitrogens with zero attached hydrogens (tertiary/aromatic N) is 1. The summed E-state index contributed by atoms with van der Waals surface area (Å²) < 4.78 is 49.5. The van der Waals surface area contributed by atoms with Crippen molar-refractivity contribution < 1.29 is 72.1 Å². The fourth-order valence-corrected chi connectivity index (χ4v) is 6.01. The fraction of sp³-hybridized carbons (Fsp3) is 0.632. The lowest BCUT2D eigenvalue weighted by Gasteiger charge is -2.42. The van der Waals surface area contributed by atoms with Crippen LogP contribution in [-0.2, 0) is 36.8 Å². The van der Waals surface area contributed by atoms with Crippen LogP contribution in [0.3, 0.4) is 0 Å². The van der Waals surface area contributed by atoms with Gasteiger partial charge >= 0.3 is 21.3 Å². The summed E-state index contributed by atoms with van der Waals surface area (Å²) in [5, 5.41) is 52.5. The van der Waals surface area contributed by atoms with E-state index in [1.54, 1.807) is 5.92 Å². The summed E-state index contributed by atoms with van der Waals surface area (Å²) in [6.45, 7) is -2.58. The maximum Gasteiger partial charge on any atom is 0.483 e. The molecule has 2 saturated heterocycles. The lowest BCUT2D eigenvalue weighted by Crippen LogP contribution is -2.64. The van der Waals surface area contributed by atoms with E-state index in [9.17, 15) is 58.8 Å². The predicted octanol–water partition coefficient (Wildman–Crippen LogP) is -4.99. The molecule has 1 aromatic rings. The lowest BCUT2D eigenvalue weighted by atomic mass is 9.97. The summed E-state index contributed by atoms with van der Waals surface area (Å²) in [6.07, 6.45) is -8.13. The molecule has 20 nitrogen and oxygen atoms in total. The average molecular weight is 631 g/mol. The zero-order valence-electron chi connectivity index (χ0n) is 20.6. The summed E-state index contributed by atoms with van der Waals surface area (Å²) in [5.41, 5.74) is -1.76. The van der Waals surface area contributed by atoms with Gasteiger partial charge in [-0.1, -0.05) is 0 Å². The van der Waals surface area contributed by atoms with Gasteiger partial charge in [0.05, 0.1) is 25.8 Å². The van der Waals surface area contributed by atoms with Crippen molar-refractivity contribution in [3.05, 3.63) is 33.1 Å². The Kier molecular flexibility index (Phi) is 10.9. The van der Waals surface area contributed by atoms with Crippen molar-refractivity contribution in [2.24, 2.45) is 0 Å². The van der Waals surface area contributed by atoms with E-state index in [4.69, 9.17) is 20.4 Å². The first-order chi connectivity index (χ1) is 19.1. The van der Waals surface area contributed by atoms with Crippen molar-refractivity contribution in [1.82, 2.24) is 14.9 Å². The summed E-state index contributed by atoms with van der Waals surface area (Å²) >= 11 is 0.